The van der Waals surface area contributed by atoms with Crippen LogP contribution in [0.2, 0.25) is 0 Å². The van der Waals surface area contributed by atoms with Crippen molar-refractivity contribution in [3.05, 3.63) is 29.8 Å². The van der Waals surface area contributed by atoms with Crippen molar-refractivity contribution in [2.75, 3.05) is 32.8 Å². The van der Waals surface area contributed by atoms with Crippen LogP contribution in [-0.2, 0) is 19.6 Å². The molecule has 2 saturated heterocycles. The highest BCUT2D eigenvalue weighted by Gasteiger charge is 2.33. The van der Waals surface area contributed by atoms with Crippen molar-refractivity contribution in [1.82, 2.24) is 9.21 Å². The summed E-state index contributed by atoms with van der Waals surface area (Å²) in [5.74, 6) is 0.413. The lowest BCUT2D eigenvalue weighted by molar-refractivity contribution is -0.142. The predicted octanol–water partition coefficient (Wildman–Crippen LogP) is 2.21. The quantitative estimate of drug-likeness (QED) is 0.786. The number of rotatable bonds is 5. The van der Waals surface area contributed by atoms with Gasteiger partial charge in [-0.25, -0.2) is 8.42 Å². The zero-order valence-corrected chi connectivity index (χ0v) is 16.4. The summed E-state index contributed by atoms with van der Waals surface area (Å²) in [6.45, 7) is 6.38. The van der Waals surface area contributed by atoms with E-state index in [2.05, 4.69) is 13.8 Å². The number of sulfonamides is 1. The third-order valence-corrected chi connectivity index (χ3v) is 7.37. The Balaban J connectivity index is 1.63. The molecule has 0 radical (unpaired) electrons. The van der Waals surface area contributed by atoms with Crippen LogP contribution in [0.3, 0.4) is 0 Å². The summed E-state index contributed by atoms with van der Waals surface area (Å²) in [5, 5.41) is 0. The predicted molar refractivity (Wildman–Crippen MR) is 99.5 cm³/mol. The van der Waals surface area contributed by atoms with Gasteiger partial charge in [-0.3, -0.25) is 4.79 Å². The molecule has 0 bridgehead atoms. The Morgan fingerprint density at radius 1 is 1.19 bits per heavy atom. The summed E-state index contributed by atoms with van der Waals surface area (Å²) in [5.41, 5.74) is 1.15. The molecule has 2 aliphatic heterocycles. The highest BCUT2D eigenvalue weighted by atomic mass is 32.2. The molecule has 6 nitrogen and oxygen atoms in total. The lowest BCUT2D eigenvalue weighted by Crippen LogP contribution is -2.52. The van der Waals surface area contributed by atoms with E-state index in [4.69, 9.17) is 4.74 Å². The smallest absolute Gasteiger partial charge is 0.251 e. The minimum absolute atomic E-state index is 0.00236. The summed E-state index contributed by atoms with van der Waals surface area (Å²) >= 11 is 0. The van der Waals surface area contributed by atoms with Crippen molar-refractivity contribution in [2.45, 2.75) is 50.0 Å². The number of carbonyl (C=O) groups excluding carboxylic acids is 1. The van der Waals surface area contributed by atoms with Crippen molar-refractivity contribution < 1.29 is 17.9 Å². The second kappa shape index (κ2) is 8.06. The normalized spacial score (nSPS) is 23.2. The molecule has 2 atom stereocenters. The van der Waals surface area contributed by atoms with E-state index < -0.39 is 10.0 Å². The molecule has 1 aromatic rings. The minimum Gasteiger partial charge on any atom is -0.368 e. The van der Waals surface area contributed by atoms with Gasteiger partial charge in [0.05, 0.1) is 4.90 Å². The van der Waals surface area contributed by atoms with Crippen LogP contribution in [0.4, 0.5) is 0 Å². The lowest BCUT2D eigenvalue weighted by atomic mass is 9.99. The van der Waals surface area contributed by atoms with Gasteiger partial charge in [0.25, 0.3) is 5.91 Å². The van der Waals surface area contributed by atoms with Crippen molar-refractivity contribution in [3.8, 4) is 0 Å². The SMILES string of the molecule is CC[C@H](C)c1ccc(S(=O)(=O)N2CCN(C(=O)[C@H]3CCCO3)CC2)cc1. The molecule has 0 N–H and O–H groups in total. The number of ether oxygens (including phenoxy) is 1. The number of hydrogen-bond donors (Lipinski definition) is 0. The van der Waals surface area contributed by atoms with E-state index in [1.54, 1.807) is 17.0 Å². The van der Waals surface area contributed by atoms with E-state index in [9.17, 15) is 13.2 Å². The maximum absolute atomic E-state index is 12.9. The second-order valence-electron chi connectivity index (χ2n) is 7.11. The van der Waals surface area contributed by atoms with Crippen LogP contribution in [0.5, 0.6) is 0 Å². The molecule has 0 unspecified atom stereocenters. The van der Waals surface area contributed by atoms with Crippen molar-refractivity contribution in [1.29, 1.82) is 0 Å². The molecule has 0 saturated carbocycles. The second-order valence-corrected chi connectivity index (χ2v) is 9.05. The molecule has 7 heteroatoms. The van der Waals surface area contributed by atoms with Crippen LogP contribution < -0.4 is 0 Å². The van der Waals surface area contributed by atoms with Crippen LogP contribution in [-0.4, -0.2) is 62.4 Å². The van der Waals surface area contributed by atoms with Crippen LogP contribution in [0, 0.1) is 0 Å². The van der Waals surface area contributed by atoms with Gasteiger partial charge in [0.15, 0.2) is 0 Å². The monoisotopic (exact) mass is 380 g/mol. The summed E-state index contributed by atoms with van der Waals surface area (Å²) in [4.78, 5) is 14.4. The number of hydrogen-bond acceptors (Lipinski definition) is 4. The van der Waals surface area contributed by atoms with Crippen LogP contribution >= 0.6 is 0 Å². The first-order valence-corrected chi connectivity index (χ1v) is 10.9. The van der Waals surface area contributed by atoms with Crippen molar-refractivity contribution in [3.63, 3.8) is 0 Å². The van der Waals surface area contributed by atoms with E-state index >= 15 is 0 Å². The van der Waals surface area contributed by atoms with Gasteiger partial charge in [-0.2, -0.15) is 4.31 Å². The van der Waals surface area contributed by atoms with Crippen LogP contribution in [0.1, 0.15) is 44.6 Å². The maximum atomic E-state index is 12.9. The molecule has 0 spiro atoms. The van der Waals surface area contributed by atoms with Gasteiger partial charge in [-0.1, -0.05) is 26.0 Å². The Hall–Kier alpha value is -1.44. The fourth-order valence-corrected chi connectivity index (χ4v) is 4.90. The Kier molecular flexibility index (Phi) is 5.99. The van der Waals surface area contributed by atoms with Gasteiger partial charge < -0.3 is 9.64 Å². The van der Waals surface area contributed by atoms with E-state index in [0.717, 1.165) is 24.8 Å². The molecular formula is C19H28N2O4S. The first-order chi connectivity index (χ1) is 12.4. The van der Waals surface area contributed by atoms with E-state index in [-0.39, 0.29) is 12.0 Å². The number of carbonyl (C=O) groups is 1. The third kappa shape index (κ3) is 3.94. The number of amides is 1. The van der Waals surface area contributed by atoms with Gasteiger partial charge >= 0.3 is 0 Å². The molecule has 144 valence electrons. The summed E-state index contributed by atoms with van der Waals surface area (Å²) in [6, 6.07) is 7.19. The summed E-state index contributed by atoms with van der Waals surface area (Å²) in [6.07, 6.45) is 2.36. The molecule has 26 heavy (non-hydrogen) atoms. The van der Waals surface area contributed by atoms with Gasteiger partial charge in [0.2, 0.25) is 10.0 Å². The first kappa shape index (κ1) is 19.3. The molecule has 0 aromatic heterocycles. The summed E-state index contributed by atoms with van der Waals surface area (Å²) < 4.78 is 32.7. The Bertz CT molecular complexity index is 718. The van der Waals surface area contributed by atoms with Gasteiger partial charge in [0.1, 0.15) is 6.10 Å². The van der Waals surface area contributed by atoms with Gasteiger partial charge in [-0.15, -0.1) is 0 Å². The highest BCUT2D eigenvalue weighted by molar-refractivity contribution is 7.89. The number of benzene rings is 1. The molecule has 2 heterocycles. The standard InChI is InChI=1S/C19H28N2O4S/c1-3-15(2)16-6-8-17(9-7-16)26(23,24)21-12-10-20(11-13-21)19(22)18-5-4-14-25-18/h6-9,15,18H,3-5,10-14H2,1-2H3/t15-,18+/m0/s1. The maximum Gasteiger partial charge on any atom is 0.251 e. The fraction of sp³-hybridized carbons (Fsp3) is 0.632. The van der Waals surface area contributed by atoms with Crippen molar-refractivity contribution >= 4 is 15.9 Å². The van der Waals surface area contributed by atoms with Gasteiger partial charge in [0, 0.05) is 32.8 Å². The molecule has 2 aliphatic rings. The van der Waals surface area contributed by atoms with Crippen LogP contribution in [0.25, 0.3) is 0 Å². The lowest BCUT2D eigenvalue weighted by Gasteiger charge is -2.35. The van der Waals surface area contributed by atoms with Gasteiger partial charge in [-0.05, 0) is 42.9 Å². The molecular weight excluding hydrogens is 352 g/mol. The van der Waals surface area contributed by atoms with E-state index in [1.807, 2.05) is 12.1 Å². The third-order valence-electron chi connectivity index (χ3n) is 5.45. The fourth-order valence-electron chi connectivity index (χ4n) is 3.48. The highest BCUT2D eigenvalue weighted by Crippen LogP contribution is 2.23. The topological polar surface area (TPSA) is 66.9 Å². The molecule has 0 aliphatic carbocycles. The van der Waals surface area contributed by atoms with Crippen LogP contribution in [0.15, 0.2) is 29.2 Å². The molecule has 3 rings (SSSR count). The molecule has 2 fully saturated rings. The Morgan fingerprint density at radius 3 is 2.38 bits per heavy atom. The largest absolute Gasteiger partial charge is 0.368 e. The number of piperazine rings is 1. The van der Waals surface area contributed by atoms with E-state index in [0.29, 0.717) is 43.6 Å². The minimum atomic E-state index is -3.52. The Morgan fingerprint density at radius 2 is 1.85 bits per heavy atom. The average Bonchev–Trinajstić information content (AvgIpc) is 3.21. The zero-order valence-electron chi connectivity index (χ0n) is 15.6. The van der Waals surface area contributed by atoms with E-state index in [1.165, 1.54) is 4.31 Å². The molecule has 1 aromatic carbocycles. The number of nitrogens with zero attached hydrogens (tertiary/aromatic N) is 2. The first-order valence-electron chi connectivity index (χ1n) is 9.44. The zero-order chi connectivity index (χ0) is 18.7. The van der Waals surface area contributed by atoms with Crippen molar-refractivity contribution in [2.24, 2.45) is 0 Å². The Labute approximate surface area is 156 Å². The summed E-state index contributed by atoms with van der Waals surface area (Å²) in [7, 11) is -3.52. The molecule has 1 amide bonds. The average molecular weight is 381 g/mol.